The molecule has 0 bridgehead atoms. The monoisotopic (exact) mass is 587 g/mol. The van der Waals surface area contributed by atoms with Gasteiger partial charge in [-0.15, -0.1) is 0 Å². The fourth-order valence-corrected chi connectivity index (χ4v) is 7.75. The minimum absolute atomic E-state index is 0.0494. The molecule has 1 aliphatic carbocycles. The zero-order valence-electron chi connectivity index (χ0n) is 22.2. The van der Waals surface area contributed by atoms with Gasteiger partial charge in [-0.3, -0.25) is 4.79 Å². The van der Waals surface area contributed by atoms with Crippen molar-refractivity contribution in [3.63, 3.8) is 0 Å². The highest BCUT2D eigenvalue weighted by atomic mass is 79.9. The molecule has 1 aliphatic heterocycles. The second-order valence-electron chi connectivity index (χ2n) is 10.3. The van der Waals surface area contributed by atoms with Gasteiger partial charge >= 0.3 is 0 Å². The average Bonchev–Trinajstić information content (AvgIpc) is 3.34. The third-order valence-electron chi connectivity index (χ3n) is 7.46. The van der Waals surface area contributed by atoms with E-state index < -0.39 is 10.0 Å². The molecule has 0 unspecified atom stereocenters. The van der Waals surface area contributed by atoms with Gasteiger partial charge in [0.15, 0.2) is 0 Å². The van der Waals surface area contributed by atoms with E-state index in [1.165, 1.54) is 76.6 Å². The van der Waals surface area contributed by atoms with Crippen molar-refractivity contribution in [1.82, 2.24) is 14.1 Å². The number of likely N-dealkylation sites (tertiary alicyclic amines) is 1. The average molecular weight is 589 g/mol. The molecule has 204 valence electrons. The van der Waals surface area contributed by atoms with E-state index in [0.29, 0.717) is 10.4 Å². The number of carbonyl (C=O) groups is 1. The van der Waals surface area contributed by atoms with E-state index in [9.17, 15) is 13.2 Å². The minimum atomic E-state index is -3.79. The normalized spacial score (nSPS) is 21.2. The van der Waals surface area contributed by atoms with E-state index in [4.69, 9.17) is 9.47 Å². The predicted octanol–water partition coefficient (Wildman–Crippen LogP) is 3.76. The summed E-state index contributed by atoms with van der Waals surface area (Å²) in [4.78, 5) is 17.0. The van der Waals surface area contributed by atoms with E-state index in [0.717, 1.165) is 18.0 Å². The Balaban J connectivity index is 1.38. The Bertz CT molecular complexity index is 976. The van der Waals surface area contributed by atoms with Crippen LogP contribution in [0.1, 0.15) is 44.1 Å². The van der Waals surface area contributed by atoms with Crippen LogP contribution in [0.5, 0.6) is 5.75 Å². The number of aryl methyl sites for hydroxylation is 1. The molecule has 36 heavy (non-hydrogen) atoms. The maximum absolute atomic E-state index is 13.1. The zero-order chi connectivity index (χ0) is 26.3. The number of methoxy groups -OCH3 is 1. The van der Waals surface area contributed by atoms with Gasteiger partial charge in [-0.25, -0.2) is 8.42 Å². The molecule has 0 N–H and O–H groups in total. The van der Waals surface area contributed by atoms with Gasteiger partial charge in [0.25, 0.3) is 0 Å². The Kier molecular flexibility index (Phi) is 11.1. The van der Waals surface area contributed by atoms with Gasteiger partial charge in [0.05, 0.1) is 13.7 Å². The van der Waals surface area contributed by atoms with Crippen LogP contribution in [0.4, 0.5) is 0 Å². The molecule has 8 nitrogen and oxygen atoms in total. The number of sulfonamides is 1. The maximum Gasteiger partial charge on any atom is 0.248 e. The summed E-state index contributed by atoms with van der Waals surface area (Å²) in [5.41, 5.74) is 0.890. The van der Waals surface area contributed by atoms with Crippen LogP contribution >= 0.6 is 15.9 Å². The van der Waals surface area contributed by atoms with E-state index in [1.807, 2.05) is 14.0 Å². The minimum Gasteiger partial charge on any atom is -0.495 e. The van der Waals surface area contributed by atoms with Crippen LogP contribution in [0.3, 0.4) is 0 Å². The van der Waals surface area contributed by atoms with E-state index >= 15 is 0 Å². The van der Waals surface area contributed by atoms with Crippen LogP contribution in [-0.2, 0) is 19.6 Å². The summed E-state index contributed by atoms with van der Waals surface area (Å²) >= 11 is 3.35. The summed E-state index contributed by atoms with van der Waals surface area (Å²) in [5, 5.41) is 0. The van der Waals surface area contributed by atoms with Crippen molar-refractivity contribution in [2.45, 2.75) is 50.3 Å². The molecule has 0 spiro atoms. The van der Waals surface area contributed by atoms with Crippen molar-refractivity contribution in [2.75, 3.05) is 67.1 Å². The molecule has 1 amide bonds. The summed E-state index contributed by atoms with van der Waals surface area (Å²) in [6.07, 6.45) is 7.55. The predicted molar refractivity (Wildman–Crippen MR) is 145 cm³/mol. The number of rotatable bonds is 12. The smallest absolute Gasteiger partial charge is 0.248 e. The van der Waals surface area contributed by atoms with Crippen molar-refractivity contribution < 1.29 is 22.7 Å². The first kappa shape index (κ1) is 29.4. The summed E-state index contributed by atoms with van der Waals surface area (Å²) in [7, 11) is 0.987. The lowest BCUT2D eigenvalue weighted by Gasteiger charge is -2.33. The Morgan fingerprint density at radius 1 is 1.11 bits per heavy atom. The number of carbonyl (C=O) groups excluding carboxylic acids is 1. The zero-order valence-corrected chi connectivity index (χ0v) is 24.6. The Labute approximate surface area is 225 Å². The molecule has 1 aromatic rings. The molecule has 1 aromatic carbocycles. The first-order valence-corrected chi connectivity index (χ1v) is 15.2. The van der Waals surface area contributed by atoms with Crippen LogP contribution in [0.2, 0.25) is 0 Å². The molecule has 3 rings (SSSR count). The lowest BCUT2D eigenvalue weighted by molar-refractivity contribution is -0.135. The van der Waals surface area contributed by atoms with E-state index in [2.05, 4.69) is 20.8 Å². The summed E-state index contributed by atoms with van der Waals surface area (Å²) < 4.78 is 38.7. The van der Waals surface area contributed by atoms with Crippen LogP contribution in [0.15, 0.2) is 21.5 Å². The molecule has 0 aromatic heterocycles. The summed E-state index contributed by atoms with van der Waals surface area (Å²) in [6.45, 7) is 6.60. The van der Waals surface area contributed by atoms with Gasteiger partial charge in [-0.05, 0) is 104 Å². The number of halogens is 1. The van der Waals surface area contributed by atoms with Crippen molar-refractivity contribution in [3.8, 4) is 5.75 Å². The summed E-state index contributed by atoms with van der Waals surface area (Å²) in [6, 6.07) is 3.44. The quantitative estimate of drug-likeness (QED) is 0.346. The molecular formula is C26H42BrN3O5S. The number of amides is 1. The molecular weight excluding hydrogens is 546 g/mol. The fraction of sp³-hybridized carbons (Fsp3) is 0.731. The van der Waals surface area contributed by atoms with Crippen molar-refractivity contribution >= 4 is 31.9 Å². The van der Waals surface area contributed by atoms with Gasteiger partial charge in [0.2, 0.25) is 15.9 Å². The number of hydrogen-bond acceptors (Lipinski definition) is 6. The first-order chi connectivity index (χ1) is 17.1. The number of likely N-dealkylation sites (N-methyl/N-ethyl adjacent to an activating group) is 2. The third kappa shape index (κ3) is 7.90. The molecule has 2 fully saturated rings. The highest BCUT2D eigenvalue weighted by Gasteiger charge is 2.28. The molecule has 1 saturated heterocycles. The highest BCUT2D eigenvalue weighted by Crippen LogP contribution is 2.34. The number of hydrogen-bond donors (Lipinski definition) is 0. The van der Waals surface area contributed by atoms with E-state index in [-0.39, 0.29) is 36.3 Å². The topological polar surface area (TPSA) is 79.4 Å². The van der Waals surface area contributed by atoms with Gasteiger partial charge in [0, 0.05) is 38.2 Å². The van der Waals surface area contributed by atoms with Crippen LogP contribution in [0, 0.1) is 18.8 Å². The van der Waals surface area contributed by atoms with Crippen LogP contribution in [-0.4, -0.2) is 95.6 Å². The van der Waals surface area contributed by atoms with Crippen molar-refractivity contribution in [2.24, 2.45) is 11.8 Å². The van der Waals surface area contributed by atoms with Gasteiger partial charge < -0.3 is 19.3 Å². The van der Waals surface area contributed by atoms with E-state index in [1.54, 1.807) is 17.0 Å². The lowest BCUT2D eigenvalue weighted by Crippen LogP contribution is -2.37. The first-order valence-electron chi connectivity index (χ1n) is 13.0. The second kappa shape index (κ2) is 13.6. The molecule has 0 radical (unpaired) electrons. The van der Waals surface area contributed by atoms with Crippen molar-refractivity contribution in [1.29, 1.82) is 0 Å². The molecule has 10 heteroatoms. The SMILES string of the molecule is COc1cc(C)cc(Br)c1S(=O)(=O)N(C)CCOCC(=O)N(C)CC1CCC(CN2CCCC2)CC1. The van der Waals surface area contributed by atoms with Crippen molar-refractivity contribution in [3.05, 3.63) is 22.2 Å². The molecule has 1 saturated carbocycles. The standard InChI is InChI=1S/C26H42BrN3O5S/c1-20-15-23(27)26(24(16-20)34-4)36(32,33)29(3)13-14-35-19-25(31)28(2)17-21-7-9-22(10-8-21)18-30-11-5-6-12-30/h15-16,21-22H,5-14,17-19H2,1-4H3. The molecule has 0 atom stereocenters. The van der Waals surface area contributed by atoms with Crippen LogP contribution < -0.4 is 4.74 Å². The highest BCUT2D eigenvalue weighted by molar-refractivity contribution is 9.10. The fourth-order valence-electron chi connectivity index (χ4n) is 5.25. The van der Waals surface area contributed by atoms with Crippen LogP contribution in [0.25, 0.3) is 0 Å². The van der Waals surface area contributed by atoms with Gasteiger partial charge in [-0.1, -0.05) is 0 Å². The Morgan fingerprint density at radius 3 is 2.39 bits per heavy atom. The molecule has 1 heterocycles. The second-order valence-corrected chi connectivity index (χ2v) is 13.2. The van der Waals surface area contributed by atoms with Gasteiger partial charge in [-0.2, -0.15) is 4.31 Å². The number of benzene rings is 1. The maximum atomic E-state index is 13.1. The summed E-state index contributed by atoms with van der Waals surface area (Å²) in [5.74, 6) is 1.57. The third-order valence-corrected chi connectivity index (χ3v) is 10.3. The lowest BCUT2D eigenvalue weighted by atomic mass is 9.81. The molecule has 2 aliphatic rings. The Morgan fingerprint density at radius 2 is 1.75 bits per heavy atom. The largest absolute Gasteiger partial charge is 0.495 e. The number of ether oxygens (including phenoxy) is 2. The van der Waals surface area contributed by atoms with Gasteiger partial charge in [0.1, 0.15) is 17.3 Å². The number of nitrogens with zero attached hydrogens (tertiary/aromatic N) is 3. The Hall–Kier alpha value is -1.20.